The summed E-state index contributed by atoms with van der Waals surface area (Å²) in [6, 6.07) is 7.46. The second-order valence-electron chi connectivity index (χ2n) is 2.64. The zero-order valence-electron chi connectivity index (χ0n) is 7.99. The summed E-state index contributed by atoms with van der Waals surface area (Å²) in [5.41, 5.74) is 0.659. The largest absolute Gasteiger partial charge is 0.362 e. The molecule has 0 heterocycles. The third-order valence-electron chi connectivity index (χ3n) is 1.79. The Bertz CT molecular complexity index is 310. The molecule has 0 aromatic heterocycles. The Morgan fingerprint density at radius 1 is 1.43 bits per heavy atom. The number of thioether (sulfide) groups is 1. The highest BCUT2D eigenvalue weighted by Gasteiger charge is 2.15. The van der Waals surface area contributed by atoms with Crippen molar-refractivity contribution in [2.45, 2.75) is 9.91 Å². The molecule has 0 N–H and O–H groups in total. The zero-order valence-corrected chi connectivity index (χ0v) is 10.4. The van der Waals surface area contributed by atoms with Gasteiger partial charge in [0.05, 0.1) is 0 Å². The van der Waals surface area contributed by atoms with E-state index < -0.39 is 5.01 Å². The summed E-state index contributed by atoms with van der Waals surface area (Å²) in [6.07, 6.45) is 2.00. The minimum atomic E-state index is -0.553. The molecule has 1 unspecified atom stereocenters. The van der Waals surface area contributed by atoms with E-state index in [0.717, 1.165) is 4.90 Å². The van der Waals surface area contributed by atoms with Crippen molar-refractivity contribution in [1.29, 1.82) is 0 Å². The van der Waals surface area contributed by atoms with Gasteiger partial charge in [-0.1, -0.05) is 12.1 Å². The van der Waals surface area contributed by atoms with E-state index >= 15 is 0 Å². The topological polar surface area (TPSA) is 26.3 Å². The smallest absolute Gasteiger partial charge is 0.202 e. The fourth-order valence-electron chi connectivity index (χ4n) is 0.993. The van der Waals surface area contributed by atoms with E-state index in [-0.39, 0.29) is 5.78 Å². The van der Waals surface area contributed by atoms with Gasteiger partial charge < -0.3 is 4.74 Å². The van der Waals surface area contributed by atoms with Crippen LogP contribution in [0.5, 0.6) is 0 Å². The third kappa shape index (κ3) is 2.83. The van der Waals surface area contributed by atoms with Gasteiger partial charge in [-0.25, -0.2) is 0 Å². The fourth-order valence-corrected chi connectivity index (χ4v) is 1.67. The van der Waals surface area contributed by atoms with Crippen LogP contribution in [0.25, 0.3) is 0 Å². The van der Waals surface area contributed by atoms with Crippen LogP contribution in [0.2, 0.25) is 0 Å². The van der Waals surface area contributed by atoms with Gasteiger partial charge in [0.2, 0.25) is 5.78 Å². The van der Waals surface area contributed by atoms with Crippen LogP contribution in [0.1, 0.15) is 10.4 Å². The van der Waals surface area contributed by atoms with Gasteiger partial charge >= 0.3 is 0 Å². The lowest BCUT2D eigenvalue weighted by Crippen LogP contribution is -2.15. The Hall–Kier alpha value is -0.320. The van der Waals surface area contributed by atoms with E-state index in [9.17, 15) is 4.79 Å². The predicted octanol–water partition coefficient (Wildman–Crippen LogP) is 2.96. The molecular formula is C10H11BrO2S. The quantitative estimate of drug-likeness (QED) is 0.480. The molecule has 0 aliphatic carbocycles. The van der Waals surface area contributed by atoms with Crippen LogP contribution in [0, 0.1) is 0 Å². The van der Waals surface area contributed by atoms with Crippen LogP contribution < -0.4 is 0 Å². The summed E-state index contributed by atoms with van der Waals surface area (Å²) >= 11 is 4.79. The fraction of sp³-hybridized carbons (Fsp3) is 0.300. The van der Waals surface area contributed by atoms with Crippen molar-refractivity contribution in [2.24, 2.45) is 0 Å². The molecule has 0 fully saturated rings. The van der Waals surface area contributed by atoms with Gasteiger partial charge in [0.15, 0.2) is 5.01 Å². The Balaban J connectivity index is 2.81. The first-order chi connectivity index (χ1) is 6.69. The van der Waals surface area contributed by atoms with E-state index in [0.29, 0.717) is 5.56 Å². The lowest BCUT2D eigenvalue weighted by Gasteiger charge is -2.06. The van der Waals surface area contributed by atoms with Crippen molar-refractivity contribution in [3.63, 3.8) is 0 Å². The maximum atomic E-state index is 11.6. The van der Waals surface area contributed by atoms with E-state index in [1.165, 1.54) is 7.11 Å². The molecule has 0 aliphatic rings. The highest BCUT2D eigenvalue weighted by molar-refractivity contribution is 9.09. The molecule has 0 radical (unpaired) electrons. The van der Waals surface area contributed by atoms with Gasteiger partial charge in [-0.05, 0) is 34.3 Å². The second kappa shape index (κ2) is 5.53. The van der Waals surface area contributed by atoms with Crippen molar-refractivity contribution in [2.75, 3.05) is 13.4 Å². The van der Waals surface area contributed by atoms with E-state index in [2.05, 4.69) is 15.9 Å². The van der Waals surface area contributed by atoms with Crippen molar-refractivity contribution in [1.82, 2.24) is 0 Å². The van der Waals surface area contributed by atoms with Crippen LogP contribution in [-0.2, 0) is 4.74 Å². The van der Waals surface area contributed by atoms with E-state index in [1.54, 1.807) is 23.9 Å². The van der Waals surface area contributed by atoms with Crippen LogP contribution >= 0.6 is 27.7 Å². The zero-order chi connectivity index (χ0) is 10.6. The second-order valence-corrected chi connectivity index (χ2v) is 4.36. The SMILES string of the molecule is COC(Br)C(=O)c1ccc(SC)cc1. The lowest BCUT2D eigenvalue weighted by atomic mass is 10.1. The first kappa shape index (κ1) is 11.8. The highest BCUT2D eigenvalue weighted by Crippen LogP contribution is 2.17. The molecule has 1 rings (SSSR count). The molecule has 0 spiro atoms. The number of rotatable bonds is 4. The average molecular weight is 275 g/mol. The minimum Gasteiger partial charge on any atom is -0.362 e. The minimum absolute atomic E-state index is 0.0554. The summed E-state index contributed by atoms with van der Waals surface area (Å²) in [5, 5.41) is -0.553. The van der Waals surface area contributed by atoms with Gasteiger partial charge in [0.25, 0.3) is 0 Å². The monoisotopic (exact) mass is 274 g/mol. The summed E-state index contributed by atoms with van der Waals surface area (Å²) in [6.45, 7) is 0. The average Bonchev–Trinajstić information content (AvgIpc) is 2.27. The summed E-state index contributed by atoms with van der Waals surface area (Å²) in [7, 11) is 1.49. The van der Waals surface area contributed by atoms with Crippen LogP contribution in [-0.4, -0.2) is 24.2 Å². The van der Waals surface area contributed by atoms with Crippen molar-refractivity contribution < 1.29 is 9.53 Å². The molecule has 1 aromatic rings. The normalized spacial score (nSPS) is 12.5. The van der Waals surface area contributed by atoms with Gasteiger partial charge in [-0.3, -0.25) is 4.79 Å². The molecule has 0 amide bonds. The predicted molar refractivity (Wildman–Crippen MR) is 62.3 cm³/mol. The van der Waals surface area contributed by atoms with Crippen molar-refractivity contribution in [3.8, 4) is 0 Å². The first-order valence-corrected chi connectivity index (χ1v) is 6.18. The third-order valence-corrected chi connectivity index (χ3v) is 3.32. The van der Waals surface area contributed by atoms with Crippen molar-refractivity contribution in [3.05, 3.63) is 29.8 Å². The lowest BCUT2D eigenvalue weighted by molar-refractivity contribution is 0.0805. The molecule has 1 atom stereocenters. The molecule has 76 valence electrons. The molecule has 14 heavy (non-hydrogen) atoms. The number of ether oxygens (including phenoxy) is 1. The molecule has 0 bridgehead atoms. The van der Waals surface area contributed by atoms with Crippen LogP contribution in [0.3, 0.4) is 0 Å². The number of hydrogen-bond acceptors (Lipinski definition) is 3. The maximum Gasteiger partial charge on any atom is 0.202 e. The van der Waals surface area contributed by atoms with Gasteiger partial charge in [0, 0.05) is 17.6 Å². The number of alkyl halides is 1. The van der Waals surface area contributed by atoms with Crippen LogP contribution in [0.4, 0.5) is 0 Å². The molecule has 4 heteroatoms. The number of benzene rings is 1. The number of methoxy groups -OCH3 is 1. The number of Topliss-reactive ketones (excluding diaryl/α,β-unsaturated/α-hetero) is 1. The van der Waals surface area contributed by atoms with E-state index in [4.69, 9.17) is 4.74 Å². The molecule has 0 aliphatic heterocycles. The van der Waals surface area contributed by atoms with E-state index in [1.807, 2.05) is 18.4 Å². The highest BCUT2D eigenvalue weighted by atomic mass is 79.9. The number of carbonyl (C=O) groups excluding carboxylic acids is 1. The number of halogens is 1. The van der Waals surface area contributed by atoms with Crippen molar-refractivity contribution >= 4 is 33.5 Å². The van der Waals surface area contributed by atoms with Gasteiger partial charge in [-0.2, -0.15) is 0 Å². The molecule has 0 saturated carbocycles. The Morgan fingerprint density at radius 2 is 2.00 bits per heavy atom. The first-order valence-electron chi connectivity index (χ1n) is 4.04. The van der Waals surface area contributed by atoms with Gasteiger partial charge in [-0.15, -0.1) is 11.8 Å². The summed E-state index contributed by atoms with van der Waals surface area (Å²) < 4.78 is 4.88. The number of hydrogen-bond donors (Lipinski definition) is 0. The summed E-state index contributed by atoms with van der Waals surface area (Å²) in [5.74, 6) is -0.0554. The Morgan fingerprint density at radius 3 is 2.43 bits per heavy atom. The molecule has 0 saturated heterocycles. The number of ketones is 1. The maximum absolute atomic E-state index is 11.6. The molecule has 2 nitrogen and oxygen atoms in total. The Labute approximate surface area is 96.2 Å². The Kier molecular flexibility index (Phi) is 4.65. The molecule has 1 aromatic carbocycles. The summed E-state index contributed by atoms with van der Waals surface area (Å²) in [4.78, 5) is 12.7. The van der Waals surface area contributed by atoms with Crippen LogP contribution in [0.15, 0.2) is 29.2 Å². The number of carbonyl (C=O) groups is 1. The standard InChI is InChI=1S/C10H11BrO2S/c1-13-10(11)9(12)7-3-5-8(14-2)6-4-7/h3-6,10H,1-2H3. The molecular weight excluding hydrogens is 264 g/mol. The van der Waals surface area contributed by atoms with Gasteiger partial charge in [0.1, 0.15) is 0 Å².